The summed E-state index contributed by atoms with van der Waals surface area (Å²) in [6, 6.07) is 5.29. The van der Waals surface area contributed by atoms with Crippen molar-refractivity contribution >= 4 is 5.91 Å². The molecular formula is C16H20N4O4. The first kappa shape index (κ1) is 16.4. The van der Waals surface area contributed by atoms with Crippen LogP contribution < -0.4 is 16.4 Å². The highest BCUT2D eigenvalue weighted by molar-refractivity contribution is 5.96. The van der Waals surface area contributed by atoms with Crippen molar-refractivity contribution in [2.24, 2.45) is 5.92 Å². The Morgan fingerprint density at radius 2 is 2.33 bits per heavy atom. The number of nitrogens with one attached hydrogen (secondary N) is 3. The average Bonchev–Trinajstić information content (AvgIpc) is 2.84. The van der Waals surface area contributed by atoms with Crippen molar-refractivity contribution in [2.75, 3.05) is 32.8 Å². The second-order valence-electron chi connectivity index (χ2n) is 5.83. The van der Waals surface area contributed by atoms with Crippen LogP contribution in [0.5, 0.6) is 0 Å². The molecule has 1 aromatic carbocycles. The Bertz CT molecular complexity index is 759. The maximum Gasteiger partial charge on any atom is 0.439 e. The molecule has 0 radical (unpaired) electrons. The molecule has 0 saturated carbocycles. The minimum Gasteiger partial charge on any atom is -0.380 e. The Morgan fingerprint density at radius 1 is 1.46 bits per heavy atom. The molecule has 24 heavy (non-hydrogen) atoms. The van der Waals surface area contributed by atoms with Crippen LogP contribution >= 0.6 is 0 Å². The van der Waals surface area contributed by atoms with Crippen LogP contribution in [-0.2, 0) is 4.74 Å². The zero-order valence-electron chi connectivity index (χ0n) is 13.4. The molecule has 0 spiro atoms. The van der Waals surface area contributed by atoms with Crippen molar-refractivity contribution in [3.05, 3.63) is 39.9 Å². The quantitative estimate of drug-likeness (QED) is 0.743. The van der Waals surface area contributed by atoms with Gasteiger partial charge >= 0.3 is 5.76 Å². The molecule has 128 valence electrons. The summed E-state index contributed by atoms with van der Waals surface area (Å²) in [6.07, 6.45) is 0. The third-order valence-corrected chi connectivity index (χ3v) is 3.96. The summed E-state index contributed by atoms with van der Waals surface area (Å²) in [6.45, 7) is 5.38. The lowest BCUT2D eigenvalue weighted by Gasteiger charge is -2.15. The Labute approximate surface area is 138 Å². The van der Waals surface area contributed by atoms with Crippen LogP contribution in [0.1, 0.15) is 15.9 Å². The molecule has 1 saturated heterocycles. The van der Waals surface area contributed by atoms with Gasteiger partial charge in [-0.15, -0.1) is 0 Å². The number of H-pyrrole nitrogens is 1. The minimum atomic E-state index is -0.627. The summed E-state index contributed by atoms with van der Waals surface area (Å²) in [4.78, 5) is 26.0. The van der Waals surface area contributed by atoms with Gasteiger partial charge in [0.15, 0.2) is 5.82 Å². The number of hydrogen-bond donors (Lipinski definition) is 3. The number of nitrogens with zero attached hydrogens (tertiary/aromatic N) is 1. The third kappa shape index (κ3) is 3.90. The number of rotatable bonds is 4. The smallest absolute Gasteiger partial charge is 0.380 e. The number of carbonyl (C=O) groups excluding carboxylic acids is 1. The molecule has 8 nitrogen and oxygen atoms in total. The van der Waals surface area contributed by atoms with E-state index in [0.717, 1.165) is 18.7 Å². The minimum absolute atomic E-state index is 0.163. The normalized spacial score (nSPS) is 18.1. The van der Waals surface area contributed by atoms with Crippen molar-refractivity contribution in [3.63, 3.8) is 0 Å². The van der Waals surface area contributed by atoms with E-state index in [1.54, 1.807) is 12.1 Å². The lowest BCUT2D eigenvalue weighted by Crippen LogP contribution is -2.35. The number of hydrogen-bond acceptors (Lipinski definition) is 6. The van der Waals surface area contributed by atoms with Crippen molar-refractivity contribution in [3.8, 4) is 11.4 Å². The largest absolute Gasteiger partial charge is 0.439 e. The Morgan fingerprint density at radius 3 is 3.12 bits per heavy atom. The Kier molecular flexibility index (Phi) is 5.07. The van der Waals surface area contributed by atoms with E-state index >= 15 is 0 Å². The summed E-state index contributed by atoms with van der Waals surface area (Å²) >= 11 is 0. The second kappa shape index (κ2) is 7.41. The fourth-order valence-electron chi connectivity index (χ4n) is 2.59. The van der Waals surface area contributed by atoms with E-state index in [2.05, 4.69) is 25.3 Å². The van der Waals surface area contributed by atoms with E-state index in [0.29, 0.717) is 36.7 Å². The van der Waals surface area contributed by atoms with Gasteiger partial charge in [-0.25, -0.2) is 4.79 Å². The highest BCUT2D eigenvalue weighted by Crippen LogP contribution is 2.18. The number of ether oxygens (including phenoxy) is 1. The van der Waals surface area contributed by atoms with Gasteiger partial charge in [0.05, 0.1) is 13.2 Å². The van der Waals surface area contributed by atoms with Crippen LogP contribution in [-0.4, -0.2) is 48.9 Å². The zero-order valence-corrected chi connectivity index (χ0v) is 13.4. The van der Waals surface area contributed by atoms with Gasteiger partial charge in [0, 0.05) is 36.7 Å². The number of aromatic nitrogens is 2. The van der Waals surface area contributed by atoms with Gasteiger partial charge < -0.3 is 15.4 Å². The zero-order chi connectivity index (χ0) is 16.9. The average molecular weight is 332 g/mol. The lowest BCUT2D eigenvalue weighted by atomic mass is 10.0. The molecule has 1 unspecified atom stereocenters. The highest BCUT2D eigenvalue weighted by Gasteiger charge is 2.16. The van der Waals surface area contributed by atoms with E-state index in [9.17, 15) is 9.59 Å². The Hall–Kier alpha value is -2.45. The molecule has 3 rings (SSSR count). The van der Waals surface area contributed by atoms with Crippen LogP contribution in [0.2, 0.25) is 0 Å². The molecule has 0 bridgehead atoms. The number of amides is 1. The summed E-state index contributed by atoms with van der Waals surface area (Å²) in [5.41, 5.74) is 2.01. The number of aryl methyl sites for hydroxylation is 1. The van der Waals surface area contributed by atoms with Gasteiger partial charge in [-0.2, -0.15) is 0 Å². The molecule has 1 fully saturated rings. The van der Waals surface area contributed by atoms with Crippen molar-refractivity contribution in [1.82, 2.24) is 20.8 Å². The van der Waals surface area contributed by atoms with E-state index in [1.165, 1.54) is 0 Å². The third-order valence-electron chi connectivity index (χ3n) is 3.96. The van der Waals surface area contributed by atoms with E-state index < -0.39 is 5.76 Å². The van der Waals surface area contributed by atoms with Gasteiger partial charge in [-0.1, -0.05) is 17.3 Å². The van der Waals surface area contributed by atoms with Gasteiger partial charge in [0.2, 0.25) is 0 Å². The van der Waals surface area contributed by atoms with Crippen LogP contribution in [0.15, 0.2) is 27.5 Å². The lowest BCUT2D eigenvalue weighted by molar-refractivity contribution is 0.0921. The molecule has 1 aliphatic heterocycles. The molecule has 2 heterocycles. The SMILES string of the molecule is Cc1ccc(-c2noc(=O)[nH]2)cc1C(=O)NCC1CNCCOC1. The second-order valence-corrected chi connectivity index (χ2v) is 5.83. The fourth-order valence-corrected chi connectivity index (χ4v) is 2.59. The van der Waals surface area contributed by atoms with Crippen LogP contribution in [0.25, 0.3) is 11.4 Å². The molecule has 1 aromatic heterocycles. The van der Waals surface area contributed by atoms with Gasteiger partial charge in [-0.05, 0) is 18.6 Å². The molecule has 1 amide bonds. The monoisotopic (exact) mass is 332 g/mol. The molecule has 8 heteroatoms. The maximum atomic E-state index is 12.5. The van der Waals surface area contributed by atoms with Gasteiger partial charge in [-0.3, -0.25) is 14.3 Å². The standard InChI is InChI=1S/C16H20N4O4/c1-10-2-3-12(14-19-16(22)24-20-14)6-13(10)15(21)18-8-11-7-17-4-5-23-9-11/h2-3,6,11,17H,4-5,7-9H2,1H3,(H,18,21)(H,19,20,22). The number of benzene rings is 1. The Balaban J connectivity index is 1.70. The van der Waals surface area contributed by atoms with Crippen molar-refractivity contribution < 1.29 is 14.1 Å². The first-order valence-electron chi connectivity index (χ1n) is 7.87. The van der Waals surface area contributed by atoms with E-state index in [-0.39, 0.29) is 11.8 Å². The van der Waals surface area contributed by atoms with E-state index in [1.807, 2.05) is 13.0 Å². The predicted octanol–water partition coefficient (Wildman–Crippen LogP) is 0.304. The van der Waals surface area contributed by atoms with E-state index in [4.69, 9.17) is 4.74 Å². The topological polar surface area (TPSA) is 109 Å². The maximum absolute atomic E-state index is 12.5. The summed E-state index contributed by atoms with van der Waals surface area (Å²) in [7, 11) is 0. The summed E-state index contributed by atoms with van der Waals surface area (Å²) in [5, 5.41) is 9.87. The fraction of sp³-hybridized carbons (Fsp3) is 0.438. The van der Waals surface area contributed by atoms with Crippen LogP contribution in [0.3, 0.4) is 0 Å². The molecule has 3 N–H and O–H groups in total. The molecule has 1 atom stereocenters. The molecule has 2 aromatic rings. The number of aromatic amines is 1. The number of carbonyl (C=O) groups is 1. The molecule has 1 aliphatic rings. The van der Waals surface area contributed by atoms with Crippen molar-refractivity contribution in [1.29, 1.82) is 0 Å². The van der Waals surface area contributed by atoms with Gasteiger partial charge in [0.1, 0.15) is 0 Å². The van der Waals surface area contributed by atoms with Crippen LogP contribution in [0, 0.1) is 12.8 Å². The summed E-state index contributed by atoms with van der Waals surface area (Å²) in [5.74, 6) is -0.246. The van der Waals surface area contributed by atoms with Crippen LogP contribution in [0.4, 0.5) is 0 Å². The molecular weight excluding hydrogens is 312 g/mol. The summed E-state index contributed by atoms with van der Waals surface area (Å²) < 4.78 is 9.99. The highest BCUT2D eigenvalue weighted by atomic mass is 16.5. The van der Waals surface area contributed by atoms with Crippen molar-refractivity contribution in [2.45, 2.75) is 6.92 Å². The first-order valence-corrected chi connectivity index (χ1v) is 7.87. The predicted molar refractivity (Wildman–Crippen MR) is 86.8 cm³/mol. The van der Waals surface area contributed by atoms with Gasteiger partial charge in [0.25, 0.3) is 5.91 Å². The first-order chi connectivity index (χ1) is 11.6. The molecule has 0 aliphatic carbocycles.